The number of amides is 1. The third-order valence-corrected chi connectivity index (χ3v) is 2.09. The van der Waals surface area contributed by atoms with Crippen molar-refractivity contribution in [1.29, 1.82) is 0 Å². The summed E-state index contributed by atoms with van der Waals surface area (Å²) in [5.41, 5.74) is 9.11. The Kier molecular flexibility index (Phi) is 3.68. The van der Waals surface area contributed by atoms with E-state index in [1.54, 1.807) is 0 Å². The molecule has 1 rings (SSSR count). The number of rotatable bonds is 3. The summed E-state index contributed by atoms with van der Waals surface area (Å²) in [7, 11) is 1.49. The van der Waals surface area contributed by atoms with Crippen LogP contribution < -0.4 is 11.1 Å². The van der Waals surface area contributed by atoms with E-state index in [1.807, 2.05) is 26.0 Å². The second kappa shape index (κ2) is 4.79. The molecule has 0 saturated heterocycles. The van der Waals surface area contributed by atoms with Crippen LogP contribution in [0.5, 0.6) is 0 Å². The number of anilines is 2. The van der Waals surface area contributed by atoms with E-state index in [0.29, 0.717) is 5.69 Å². The zero-order valence-corrected chi connectivity index (χ0v) is 9.26. The van der Waals surface area contributed by atoms with Crippen LogP contribution in [0.3, 0.4) is 0 Å². The quantitative estimate of drug-likeness (QED) is 0.739. The summed E-state index contributed by atoms with van der Waals surface area (Å²) in [6, 6.07) is 3.66. The summed E-state index contributed by atoms with van der Waals surface area (Å²) < 4.78 is 4.74. The van der Waals surface area contributed by atoms with Gasteiger partial charge in [-0.05, 0) is 37.1 Å². The smallest absolute Gasteiger partial charge is 0.250 e. The van der Waals surface area contributed by atoms with Gasteiger partial charge in [0.25, 0.3) is 0 Å². The van der Waals surface area contributed by atoms with Crippen LogP contribution >= 0.6 is 0 Å². The normalized spacial score (nSPS) is 10.1. The Morgan fingerprint density at radius 3 is 2.40 bits per heavy atom. The lowest BCUT2D eigenvalue weighted by molar-refractivity contribution is -0.119. The Morgan fingerprint density at radius 2 is 1.93 bits per heavy atom. The van der Waals surface area contributed by atoms with Crippen LogP contribution in [-0.2, 0) is 9.53 Å². The highest BCUT2D eigenvalue weighted by atomic mass is 16.5. The van der Waals surface area contributed by atoms with Crippen molar-refractivity contribution in [2.24, 2.45) is 0 Å². The molecule has 82 valence electrons. The highest BCUT2D eigenvalue weighted by Gasteiger charge is 2.07. The summed E-state index contributed by atoms with van der Waals surface area (Å²) in [5.74, 6) is -0.159. The zero-order chi connectivity index (χ0) is 11.4. The molecule has 1 aromatic carbocycles. The van der Waals surface area contributed by atoms with Crippen LogP contribution in [0.4, 0.5) is 11.4 Å². The van der Waals surface area contributed by atoms with Crippen molar-refractivity contribution >= 4 is 17.3 Å². The lowest BCUT2D eigenvalue weighted by Gasteiger charge is -2.12. The minimum absolute atomic E-state index is 0.0588. The van der Waals surface area contributed by atoms with Crippen molar-refractivity contribution in [1.82, 2.24) is 0 Å². The molecular formula is C11H16N2O2. The van der Waals surface area contributed by atoms with Crippen molar-refractivity contribution in [3.05, 3.63) is 23.3 Å². The van der Waals surface area contributed by atoms with E-state index in [1.165, 1.54) is 7.11 Å². The third kappa shape index (κ3) is 2.95. The highest BCUT2D eigenvalue weighted by Crippen LogP contribution is 2.23. The Morgan fingerprint density at radius 1 is 1.40 bits per heavy atom. The molecule has 4 nitrogen and oxygen atoms in total. The number of benzene rings is 1. The van der Waals surface area contributed by atoms with E-state index in [0.717, 1.165) is 16.8 Å². The molecule has 0 unspecified atom stereocenters. The average Bonchev–Trinajstić information content (AvgIpc) is 2.11. The number of carbonyl (C=O) groups is 1. The molecule has 1 aromatic rings. The molecule has 0 atom stereocenters. The van der Waals surface area contributed by atoms with E-state index in [2.05, 4.69) is 5.32 Å². The van der Waals surface area contributed by atoms with Gasteiger partial charge in [0, 0.05) is 18.5 Å². The molecular weight excluding hydrogens is 192 g/mol. The fourth-order valence-corrected chi connectivity index (χ4v) is 1.50. The monoisotopic (exact) mass is 208 g/mol. The van der Waals surface area contributed by atoms with E-state index >= 15 is 0 Å². The minimum atomic E-state index is -0.159. The second-order valence-corrected chi connectivity index (χ2v) is 3.51. The average molecular weight is 208 g/mol. The van der Waals surface area contributed by atoms with Crippen molar-refractivity contribution < 1.29 is 9.53 Å². The number of hydrogen-bond acceptors (Lipinski definition) is 3. The van der Waals surface area contributed by atoms with Gasteiger partial charge in [-0.2, -0.15) is 0 Å². The number of ether oxygens (including phenoxy) is 1. The van der Waals surface area contributed by atoms with Gasteiger partial charge in [0.1, 0.15) is 6.61 Å². The van der Waals surface area contributed by atoms with Crippen LogP contribution in [-0.4, -0.2) is 19.6 Å². The highest BCUT2D eigenvalue weighted by molar-refractivity contribution is 5.93. The maximum atomic E-state index is 11.3. The Bertz CT molecular complexity index is 352. The van der Waals surface area contributed by atoms with E-state index < -0.39 is 0 Å². The van der Waals surface area contributed by atoms with Crippen molar-refractivity contribution in [3.8, 4) is 0 Å². The van der Waals surface area contributed by atoms with Gasteiger partial charge in [0.05, 0.1) is 0 Å². The molecule has 0 spiro atoms. The maximum Gasteiger partial charge on any atom is 0.250 e. The number of nitrogens with one attached hydrogen (secondary N) is 1. The predicted octanol–water partition coefficient (Wildman–Crippen LogP) is 1.47. The summed E-state index contributed by atoms with van der Waals surface area (Å²) in [6.07, 6.45) is 0. The van der Waals surface area contributed by atoms with Gasteiger partial charge in [-0.3, -0.25) is 4.79 Å². The van der Waals surface area contributed by atoms with Gasteiger partial charge in [-0.1, -0.05) is 0 Å². The molecule has 0 saturated carbocycles. The SMILES string of the molecule is COCC(=O)Nc1c(C)cc(N)cc1C. The first-order valence-electron chi connectivity index (χ1n) is 4.70. The summed E-state index contributed by atoms with van der Waals surface area (Å²) in [5, 5.41) is 2.79. The van der Waals surface area contributed by atoms with E-state index in [9.17, 15) is 4.79 Å². The Balaban J connectivity index is 2.90. The first kappa shape index (κ1) is 11.5. The fourth-order valence-electron chi connectivity index (χ4n) is 1.50. The van der Waals surface area contributed by atoms with Gasteiger partial charge in [-0.15, -0.1) is 0 Å². The van der Waals surface area contributed by atoms with Crippen LogP contribution in [0, 0.1) is 13.8 Å². The predicted molar refractivity (Wildman–Crippen MR) is 60.8 cm³/mol. The van der Waals surface area contributed by atoms with Gasteiger partial charge in [-0.25, -0.2) is 0 Å². The van der Waals surface area contributed by atoms with Crippen LogP contribution in [0.1, 0.15) is 11.1 Å². The van der Waals surface area contributed by atoms with Crippen molar-refractivity contribution in [2.75, 3.05) is 24.8 Å². The first-order chi connectivity index (χ1) is 7.04. The molecule has 0 aliphatic rings. The molecule has 0 fully saturated rings. The van der Waals surface area contributed by atoms with Crippen LogP contribution in [0.25, 0.3) is 0 Å². The standard InChI is InChI=1S/C11H16N2O2/c1-7-4-9(12)5-8(2)11(7)13-10(14)6-15-3/h4-5H,6,12H2,1-3H3,(H,13,14). The number of aryl methyl sites for hydroxylation is 2. The molecule has 0 radical (unpaired) electrons. The van der Waals surface area contributed by atoms with Gasteiger partial charge < -0.3 is 15.8 Å². The second-order valence-electron chi connectivity index (χ2n) is 3.51. The summed E-state index contributed by atoms with van der Waals surface area (Å²) >= 11 is 0. The number of methoxy groups -OCH3 is 1. The molecule has 3 N–H and O–H groups in total. The van der Waals surface area contributed by atoms with Gasteiger partial charge in [0.15, 0.2) is 0 Å². The Labute approximate surface area is 89.4 Å². The molecule has 15 heavy (non-hydrogen) atoms. The molecule has 0 aromatic heterocycles. The van der Waals surface area contributed by atoms with E-state index in [4.69, 9.17) is 10.5 Å². The summed E-state index contributed by atoms with van der Waals surface area (Å²) in [6.45, 7) is 3.88. The number of hydrogen-bond donors (Lipinski definition) is 2. The number of nitrogens with two attached hydrogens (primary N) is 1. The van der Waals surface area contributed by atoms with E-state index in [-0.39, 0.29) is 12.5 Å². The number of carbonyl (C=O) groups excluding carboxylic acids is 1. The third-order valence-electron chi connectivity index (χ3n) is 2.09. The van der Waals surface area contributed by atoms with Gasteiger partial charge in [0.2, 0.25) is 5.91 Å². The molecule has 4 heteroatoms. The molecule has 0 aliphatic heterocycles. The Hall–Kier alpha value is -1.55. The fraction of sp³-hybridized carbons (Fsp3) is 0.364. The van der Waals surface area contributed by atoms with Crippen LogP contribution in [0.2, 0.25) is 0 Å². The minimum Gasteiger partial charge on any atom is -0.399 e. The molecule has 1 amide bonds. The first-order valence-corrected chi connectivity index (χ1v) is 4.70. The molecule has 0 bridgehead atoms. The maximum absolute atomic E-state index is 11.3. The zero-order valence-electron chi connectivity index (χ0n) is 9.26. The molecule has 0 heterocycles. The largest absolute Gasteiger partial charge is 0.399 e. The van der Waals surface area contributed by atoms with Gasteiger partial charge >= 0.3 is 0 Å². The lowest BCUT2D eigenvalue weighted by atomic mass is 10.1. The molecule has 0 aliphatic carbocycles. The lowest BCUT2D eigenvalue weighted by Crippen LogP contribution is -2.18. The number of nitrogen functional groups attached to an aromatic ring is 1. The van der Waals surface area contributed by atoms with Crippen molar-refractivity contribution in [3.63, 3.8) is 0 Å². The topological polar surface area (TPSA) is 64.3 Å². The summed E-state index contributed by atoms with van der Waals surface area (Å²) in [4.78, 5) is 11.3. The van der Waals surface area contributed by atoms with Crippen LogP contribution in [0.15, 0.2) is 12.1 Å². The van der Waals surface area contributed by atoms with Crippen molar-refractivity contribution in [2.45, 2.75) is 13.8 Å².